The number of unbranched alkanes of at least 4 members (excludes halogenated alkanes) is 41. The molecule has 0 fully saturated rings. The summed E-state index contributed by atoms with van der Waals surface area (Å²) in [4.78, 5) is 38.4. The molecule has 0 aromatic carbocycles. The van der Waals surface area contributed by atoms with Crippen molar-refractivity contribution in [1.29, 1.82) is 0 Å². The van der Waals surface area contributed by atoms with Crippen LogP contribution in [0.25, 0.3) is 0 Å². The van der Waals surface area contributed by atoms with E-state index in [0.717, 1.165) is 103 Å². The van der Waals surface area contributed by atoms with Crippen LogP contribution in [0.3, 0.4) is 0 Å². The average molecular weight is 1160 g/mol. The number of hydrogen-bond acceptors (Lipinski definition) is 6. The molecule has 1 unspecified atom stereocenters. The summed E-state index contributed by atoms with van der Waals surface area (Å²) in [7, 11) is 0. The molecule has 0 heterocycles. The van der Waals surface area contributed by atoms with Gasteiger partial charge in [-0.15, -0.1) is 0 Å². The van der Waals surface area contributed by atoms with Crippen LogP contribution >= 0.6 is 0 Å². The van der Waals surface area contributed by atoms with E-state index in [1.54, 1.807) is 0 Å². The molecule has 0 radical (unpaired) electrons. The summed E-state index contributed by atoms with van der Waals surface area (Å²) in [5.41, 5.74) is 0. The normalized spacial score (nSPS) is 12.6. The Balaban J connectivity index is 4.18. The van der Waals surface area contributed by atoms with Gasteiger partial charge in [-0.3, -0.25) is 14.4 Å². The predicted molar refractivity (Wildman–Crippen MR) is 362 cm³/mol. The van der Waals surface area contributed by atoms with E-state index < -0.39 is 6.10 Å². The van der Waals surface area contributed by atoms with Gasteiger partial charge in [0, 0.05) is 19.3 Å². The van der Waals surface area contributed by atoms with E-state index in [9.17, 15) is 14.4 Å². The Morgan fingerprint density at radius 1 is 0.253 bits per heavy atom. The monoisotopic (exact) mass is 1160 g/mol. The first-order chi connectivity index (χ1) is 41.0. The van der Waals surface area contributed by atoms with E-state index in [0.29, 0.717) is 19.3 Å². The lowest BCUT2D eigenvalue weighted by molar-refractivity contribution is -0.167. The first kappa shape index (κ1) is 79.6. The Kier molecular flexibility index (Phi) is 68.2. The number of hydrogen-bond donors (Lipinski definition) is 0. The third-order valence-corrected chi connectivity index (χ3v) is 15.9. The van der Waals surface area contributed by atoms with Crippen LogP contribution in [0.5, 0.6) is 0 Å². The lowest BCUT2D eigenvalue weighted by Gasteiger charge is -2.18. The van der Waals surface area contributed by atoms with Crippen LogP contribution in [0.2, 0.25) is 0 Å². The molecule has 0 rings (SSSR count). The topological polar surface area (TPSA) is 78.9 Å². The molecule has 83 heavy (non-hydrogen) atoms. The molecule has 0 aliphatic carbocycles. The van der Waals surface area contributed by atoms with Crippen LogP contribution < -0.4 is 0 Å². The highest BCUT2D eigenvalue weighted by Crippen LogP contribution is 2.18. The lowest BCUT2D eigenvalue weighted by Crippen LogP contribution is -2.30. The number of esters is 3. The summed E-state index contributed by atoms with van der Waals surface area (Å²) in [6, 6.07) is 0. The Bertz CT molecular complexity index is 1570. The van der Waals surface area contributed by atoms with Gasteiger partial charge >= 0.3 is 17.9 Å². The van der Waals surface area contributed by atoms with E-state index in [4.69, 9.17) is 14.2 Å². The SMILES string of the molecule is CC/C=C\C/C=C\C/C=C\C/C=C\CCCCCCCCCCCCCCCCCCCCCCC(=O)OCC(COC(=O)CCCCCCC/C=C\CCCCCCC)OC(=O)CCCCCCCCC/C=C\C/C=C\CCCCCC. The van der Waals surface area contributed by atoms with E-state index in [1.807, 2.05) is 0 Å². The number of ether oxygens (including phenoxy) is 3. The summed E-state index contributed by atoms with van der Waals surface area (Å²) >= 11 is 0. The van der Waals surface area contributed by atoms with Crippen LogP contribution in [0.15, 0.2) is 85.1 Å². The fraction of sp³-hybridized carbons (Fsp3) is 0.779. The zero-order valence-corrected chi connectivity index (χ0v) is 55.2. The summed E-state index contributed by atoms with van der Waals surface area (Å²) < 4.78 is 17.0. The molecule has 0 saturated carbocycles. The fourth-order valence-electron chi connectivity index (χ4n) is 10.5. The van der Waals surface area contributed by atoms with E-state index in [1.165, 1.54) is 225 Å². The third kappa shape index (κ3) is 69.3. The third-order valence-electron chi connectivity index (χ3n) is 15.9. The van der Waals surface area contributed by atoms with E-state index >= 15 is 0 Å². The van der Waals surface area contributed by atoms with Crippen molar-refractivity contribution in [1.82, 2.24) is 0 Å². The van der Waals surface area contributed by atoms with Gasteiger partial charge in [0.2, 0.25) is 0 Å². The number of allylic oxidation sites excluding steroid dienone is 14. The van der Waals surface area contributed by atoms with Crippen LogP contribution in [0.1, 0.15) is 367 Å². The summed E-state index contributed by atoms with van der Waals surface area (Å²) in [6.07, 6.45) is 94.8. The van der Waals surface area contributed by atoms with Gasteiger partial charge in [0.1, 0.15) is 13.2 Å². The minimum absolute atomic E-state index is 0.0779. The van der Waals surface area contributed by atoms with Gasteiger partial charge in [-0.25, -0.2) is 0 Å². The van der Waals surface area contributed by atoms with Gasteiger partial charge in [-0.2, -0.15) is 0 Å². The molecule has 0 aromatic heterocycles. The van der Waals surface area contributed by atoms with Crippen molar-refractivity contribution < 1.29 is 28.6 Å². The molecule has 6 heteroatoms. The highest BCUT2D eigenvalue weighted by Gasteiger charge is 2.19. The van der Waals surface area contributed by atoms with Gasteiger partial charge in [0.15, 0.2) is 6.10 Å². The molecule has 0 aliphatic rings. The Morgan fingerprint density at radius 3 is 0.759 bits per heavy atom. The largest absolute Gasteiger partial charge is 0.462 e. The number of carbonyl (C=O) groups is 3. The zero-order valence-electron chi connectivity index (χ0n) is 55.2. The van der Waals surface area contributed by atoms with Gasteiger partial charge in [-0.1, -0.05) is 318 Å². The second-order valence-electron chi connectivity index (χ2n) is 24.1. The lowest BCUT2D eigenvalue weighted by atomic mass is 10.0. The van der Waals surface area contributed by atoms with Gasteiger partial charge in [-0.05, 0) is 116 Å². The highest BCUT2D eigenvalue weighted by atomic mass is 16.6. The quantitative estimate of drug-likeness (QED) is 0.0261. The molecule has 480 valence electrons. The van der Waals surface area contributed by atoms with Crippen LogP contribution in [-0.2, 0) is 28.6 Å². The molecule has 0 aromatic rings. The molecule has 0 spiro atoms. The summed E-state index contributed by atoms with van der Waals surface area (Å²) in [5.74, 6) is -0.874. The predicted octanol–water partition coefficient (Wildman–Crippen LogP) is 25.0. The van der Waals surface area contributed by atoms with Crippen molar-refractivity contribution in [2.75, 3.05) is 13.2 Å². The van der Waals surface area contributed by atoms with Crippen molar-refractivity contribution in [3.63, 3.8) is 0 Å². The van der Waals surface area contributed by atoms with Gasteiger partial charge in [0.25, 0.3) is 0 Å². The molecule has 6 nitrogen and oxygen atoms in total. The first-order valence-electron chi connectivity index (χ1n) is 36.1. The molecule has 0 saturated heterocycles. The first-order valence-corrected chi connectivity index (χ1v) is 36.1. The fourth-order valence-corrected chi connectivity index (χ4v) is 10.5. The Labute approximate surface area is 515 Å². The highest BCUT2D eigenvalue weighted by molar-refractivity contribution is 5.71. The molecular weight excluding hydrogens is 1020 g/mol. The summed E-state index contributed by atoms with van der Waals surface area (Å²) in [6.45, 7) is 6.54. The van der Waals surface area contributed by atoms with Crippen molar-refractivity contribution in [2.45, 2.75) is 374 Å². The van der Waals surface area contributed by atoms with E-state index in [2.05, 4.69) is 106 Å². The van der Waals surface area contributed by atoms with Gasteiger partial charge < -0.3 is 14.2 Å². The maximum absolute atomic E-state index is 12.9. The smallest absolute Gasteiger partial charge is 0.306 e. The van der Waals surface area contributed by atoms with Crippen LogP contribution in [0.4, 0.5) is 0 Å². The minimum atomic E-state index is -0.783. The maximum atomic E-state index is 12.9. The Hall–Kier alpha value is -3.41. The standard InChI is InChI=1S/C77H136O6/c1-4-7-10-13-16-19-22-25-28-30-32-33-34-35-36-37-38-39-40-41-42-43-44-45-46-48-49-52-55-58-61-64-67-70-76(79)82-73-74(72-81-75(78)69-66-63-60-57-54-51-27-24-21-18-15-12-9-6-3)83-77(80)71-68-65-62-59-56-53-50-47-31-29-26-23-20-17-14-11-8-5-2/h7,10,16,19-20,23-25,27-29,31-33,74H,4-6,8-9,11-15,17-18,21-22,26,30,34-73H2,1-3H3/b10-7-,19-16-,23-20-,27-24-,28-25-,31-29-,33-32-. The summed E-state index contributed by atoms with van der Waals surface area (Å²) in [5, 5.41) is 0. The molecule has 0 aliphatic heterocycles. The van der Waals surface area contributed by atoms with Crippen molar-refractivity contribution in [3.05, 3.63) is 85.1 Å². The van der Waals surface area contributed by atoms with Crippen molar-refractivity contribution >= 4 is 17.9 Å². The number of carbonyl (C=O) groups excluding carboxylic acids is 3. The molecule has 1 atom stereocenters. The zero-order chi connectivity index (χ0) is 59.9. The average Bonchev–Trinajstić information content (AvgIpc) is 3.49. The minimum Gasteiger partial charge on any atom is -0.462 e. The molecule has 0 bridgehead atoms. The molecular formula is C77H136O6. The van der Waals surface area contributed by atoms with Gasteiger partial charge in [0.05, 0.1) is 0 Å². The number of rotatable bonds is 66. The Morgan fingerprint density at radius 2 is 0.470 bits per heavy atom. The van der Waals surface area contributed by atoms with Crippen LogP contribution in [0, 0.1) is 0 Å². The van der Waals surface area contributed by atoms with Crippen LogP contribution in [-0.4, -0.2) is 37.2 Å². The molecule has 0 amide bonds. The molecule has 0 N–H and O–H groups in total. The van der Waals surface area contributed by atoms with Crippen molar-refractivity contribution in [2.24, 2.45) is 0 Å². The maximum Gasteiger partial charge on any atom is 0.306 e. The van der Waals surface area contributed by atoms with E-state index in [-0.39, 0.29) is 31.1 Å². The second-order valence-corrected chi connectivity index (χ2v) is 24.1. The second kappa shape index (κ2) is 71.1. The van der Waals surface area contributed by atoms with Crippen molar-refractivity contribution in [3.8, 4) is 0 Å².